The number of nitrogens with two attached hydrogens (primary N) is 1. The molecule has 4 heterocycles. The molecule has 386 valence electrons. The molecule has 0 saturated carbocycles. The lowest BCUT2D eigenvalue weighted by Gasteiger charge is -2.11. The van der Waals surface area contributed by atoms with Crippen LogP contribution in [0.5, 0.6) is 0 Å². The van der Waals surface area contributed by atoms with E-state index in [9.17, 15) is 19.7 Å². The number of non-ortho nitro benzene ring substituents is 1. The molecule has 4 aromatic heterocycles. The van der Waals surface area contributed by atoms with E-state index in [0.29, 0.717) is 33.6 Å². The van der Waals surface area contributed by atoms with Gasteiger partial charge >= 0.3 is 0 Å². The summed E-state index contributed by atoms with van der Waals surface area (Å²) in [5.74, 6) is -0.394. The Morgan fingerprint density at radius 2 is 0.855 bits per heavy atom. The molecule has 10 aromatic rings. The maximum atomic E-state index is 12.9. The van der Waals surface area contributed by atoms with Crippen LogP contribution in [0, 0.1) is 10.1 Å². The van der Waals surface area contributed by atoms with Gasteiger partial charge in [0.1, 0.15) is 14.1 Å². The summed E-state index contributed by atoms with van der Waals surface area (Å²) in [7, 11) is 3.92. The number of carbonyl (C=O) groups excluding carboxylic acids is 2. The average Bonchev–Trinajstić information content (AvgIpc) is 3.39. The summed E-state index contributed by atoms with van der Waals surface area (Å²) < 4.78 is 3.91. The molecule has 0 atom stereocenters. The number of H-pyrrole nitrogens is 2. The lowest BCUT2D eigenvalue weighted by Crippen LogP contribution is -3.00. The number of nitro groups is 1. The molecule has 0 unspecified atom stereocenters. The predicted octanol–water partition coefficient (Wildman–Crippen LogP) is -2.06. The van der Waals surface area contributed by atoms with Gasteiger partial charge in [0.2, 0.25) is 11.0 Å². The van der Waals surface area contributed by atoms with Gasteiger partial charge in [0.15, 0.2) is 37.2 Å². The standard InChI is InChI=1S/C28H22N6O3.C28H24N6O.4ClH/c1-33-15-12-22(13-16-33)30-23-4-2-3-19(17-23)28(35)32-21-7-5-20(6-8-21)31-27-11-14-29-26-10-9-24(34(36)37)18-25(26)27;1-34-15-12-23(13-16-34)31-24-4-2-3-19(17-24)28(35)33-22-8-6-21(7-9-22)32-27-11-14-30-26-10-5-20(29)18-25(26)27;;;;/h2-18H,1H3,(H2,29,31,32,35);2-18H,29H2,1H3,(H2,30,32,33,35);4*1H. The maximum absolute atomic E-state index is 12.9. The molecule has 0 bridgehead atoms. The number of hydrogen-bond acceptors (Lipinski definition) is 9. The molecule has 0 aliphatic heterocycles. The highest BCUT2D eigenvalue weighted by atomic mass is 35.5. The number of fused-ring (bicyclic) bond motifs is 2. The van der Waals surface area contributed by atoms with E-state index in [0.717, 1.165) is 61.9 Å². The molecule has 0 radical (unpaired) electrons. The summed E-state index contributed by atoms with van der Waals surface area (Å²) in [4.78, 5) is 42.8. The van der Waals surface area contributed by atoms with Gasteiger partial charge in [0.05, 0.1) is 38.4 Å². The van der Waals surface area contributed by atoms with Crippen LogP contribution in [0.3, 0.4) is 0 Å². The van der Waals surface area contributed by atoms with Crippen LogP contribution in [0.25, 0.3) is 21.8 Å². The smallest absolute Gasteiger partial charge is 0.270 e. The number of amides is 2. The fourth-order valence-electron chi connectivity index (χ4n) is 7.70. The number of nitrogens with one attached hydrogen (secondary N) is 8. The molecular formula is C56H50Cl4N12O4. The number of anilines is 11. The zero-order valence-electron chi connectivity index (χ0n) is 40.7. The number of carbonyl (C=O) groups is 2. The van der Waals surface area contributed by atoms with Crippen LogP contribution < -0.4 is 106 Å². The van der Waals surface area contributed by atoms with Crippen molar-refractivity contribution >= 4 is 102 Å². The first-order valence-corrected chi connectivity index (χ1v) is 22.8. The molecule has 10 rings (SSSR count). The number of halogens is 4. The Bertz CT molecular complexity index is 3600. The first-order valence-electron chi connectivity index (χ1n) is 22.8. The molecule has 2 amide bonds. The van der Waals surface area contributed by atoms with E-state index in [1.165, 1.54) is 12.1 Å². The molecular weight excluding hydrogens is 1050 g/mol. The van der Waals surface area contributed by atoms with Crippen molar-refractivity contribution < 1.29 is 83.2 Å². The van der Waals surface area contributed by atoms with E-state index in [4.69, 9.17) is 5.73 Å². The second-order valence-electron chi connectivity index (χ2n) is 16.8. The van der Waals surface area contributed by atoms with Gasteiger partial charge in [-0.25, -0.2) is 19.1 Å². The van der Waals surface area contributed by atoms with Crippen molar-refractivity contribution in [2.75, 3.05) is 37.6 Å². The largest absolute Gasteiger partial charge is 1.00 e. The number of nitrogen functional groups attached to an aromatic ring is 1. The number of pyridine rings is 4. The lowest BCUT2D eigenvalue weighted by atomic mass is 10.1. The minimum absolute atomic E-state index is 0. The number of aryl methyl sites for hydroxylation is 2. The Morgan fingerprint density at radius 1 is 0.461 bits per heavy atom. The Kier molecular flexibility index (Phi) is 20.4. The zero-order valence-corrected chi connectivity index (χ0v) is 43.7. The quantitative estimate of drug-likeness (QED) is 0.0293. The maximum Gasteiger partial charge on any atom is 0.270 e. The zero-order chi connectivity index (χ0) is 50.0. The summed E-state index contributed by atoms with van der Waals surface area (Å²) in [5.41, 5.74) is 17.8. The van der Waals surface area contributed by atoms with E-state index in [-0.39, 0.29) is 67.1 Å². The molecule has 20 heteroatoms. The Labute approximate surface area is 462 Å². The van der Waals surface area contributed by atoms with Gasteiger partial charge in [-0.1, -0.05) is 12.1 Å². The number of benzene rings is 6. The van der Waals surface area contributed by atoms with Crippen LogP contribution >= 0.6 is 0 Å². The molecule has 6 aromatic carbocycles. The van der Waals surface area contributed by atoms with Crippen LogP contribution in [0.15, 0.2) is 207 Å². The summed E-state index contributed by atoms with van der Waals surface area (Å²) in [5, 5.41) is 32.1. The van der Waals surface area contributed by atoms with Crippen LogP contribution in [0.1, 0.15) is 20.7 Å². The summed E-state index contributed by atoms with van der Waals surface area (Å²) in [6, 6.07) is 51.7. The van der Waals surface area contributed by atoms with Gasteiger partial charge in [0, 0.05) is 112 Å². The van der Waals surface area contributed by atoms with Gasteiger partial charge in [-0.05, 0) is 97.1 Å². The fourth-order valence-corrected chi connectivity index (χ4v) is 7.70. The molecule has 0 aliphatic carbocycles. The van der Waals surface area contributed by atoms with E-state index in [1.807, 2.05) is 176 Å². The minimum atomic E-state index is -0.416. The summed E-state index contributed by atoms with van der Waals surface area (Å²) >= 11 is 0. The highest BCUT2D eigenvalue weighted by molar-refractivity contribution is 6.06. The van der Waals surface area contributed by atoms with Gasteiger partial charge in [0.25, 0.3) is 17.5 Å². The molecule has 10 N–H and O–H groups in total. The monoisotopic (exact) mass is 1090 g/mol. The first-order chi connectivity index (χ1) is 35.0. The highest BCUT2D eigenvalue weighted by Gasteiger charge is 2.15. The van der Waals surface area contributed by atoms with Crippen molar-refractivity contribution in [2.45, 2.75) is 0 Å². The van der Waals surface area contributed by atoms with Crippen molar-refractivity contribution in [3.05, 3.63) is 228 Å². The fraction of sp³-hybridized carbons (Fsp3) is 0.0357. The molecule has 0 fully saturated rings. The SMILES string of the molecule is C[n+]1ccc(Nc2cccc(C(=O)Nc3ccc(Nc4cc[nH+]c5ccc(N)cc45)cc3)c2)cc1.C[n+]1ccc(Nc2cccc(C(=O)Nc3ccc(Nc4cc[nH+]c5ccc([N+](=O)[O-])cc45)cc3)c2)cc1.[Cl-].[Cl-].[Cl-].[Cl-]. The number of aromatic nitrogens is 4. The molecule has 0 saturated heterocycles. The highest BCUT2D eigenvalue weighted by Crippen LogP contribution is 2.29. The number of hydrogen-bond donors (Lipinski definition) is 7. The van der Waals surface area contributed by atoms with Crippen molar-refractivity contribution in [2.24, 2.45) is 14.1 Å². The third-order valence-electron chi connectivity index (χ3n) is 11.4. The number of rotatable bonds is 13. The van der Waals surface area contributed by atoms with Crippen LogP contribution in [0.2, 0.25) is 0 Å². The van der Waals surface area contributed by atoms with E-state index < -0.39 is 4.92 Å². The first kappa shape index (κ1) is 57.8. The van der Waals surface area contributed by atoms with Crippen LogP contribution in [-0.2, 0) is 14.1 Å². The Morgan fingerprint density at radius 3 is 1.29 bits per heavy atom. The van der Waals surface area contributed by atoms with E-state index >= 15 is 0 Å². The van der Waals surface area contributed by atoms with E-state index in [2.05, 4.69) is 41.9 Å². The molecule has 76 heavy (non-hydrogen) atoms. The normalized spacial score (nSPS) is 10.1. The second kappa shape index (κ2) is 26.8. The van der Waals surface area contributed by atoms with Crippen molar-refractivity contribution in [1.82, 2.24) is 0 Å². The second-order valence-corrected chi connectivity index (χ2v) is 16.8. The Balaban J connectivity index is 0.000000267. The van der Waals surface area contributed by atoms with Gasteiger partial charge in [-0.15, -0.1) is 0 Å². The minimum Gasteiger partial charge on any atom is -1.00 e. The van der Waals surface area contributed by atoms with E-state index in [1.54, 1.807) is 42.6 Å². The van der Waals surface area contributed by atoms with Gasteiger partial charge < -0.3 is 87.3 Å². The number of nitro benzene ring substituents is 1. The Hall–Kier alpha value is -9.06. The molecule has 16 nitrogen and oxygen atoms in total. The lowest BCUT2D eigenvalue weighted by molar-refractivity contribution is -0.671. The van der Waals surface area contributed by atoms with Crippen molar-refractivity contribution in [1.29, 1.82) is 0 Å². The van der Waals surface area contributed by atoms with Gasteiger partial charge in [-0.2, -0.15) is 0 Å². The average molecular weight is 1100 g/mol. The van der Waals surface area contributed by atoms with Crippen molar-refractivity contribution in [3.8, 4) is 0 Å². The third kappa shape index (κ3) is 15.0. The van der Waals surface area contributed by atoms with Crippen LogP contribution in [0.4, 0.5) is 68.2 Å². The number of aromatic amines is 2. The van der Waals surface area contributed by atoms with Crippen molar-refractivity contribution in [3.63, 3.8) is 0 Å². The van der Waals surface area contributed by atoms with Crippen LogP contribution in [-0.4, -0.2) is 16.7 Å². The number of nitrogens with zero attached hydrogens (tertiary/aromatic N) is 3. The van der Waals surface area contributed by atoms with Gasteiger partial charge in [-0.3, -0.25) is 19.7 Å². The molecule has 0 spiro atoms. The topological polar surface area (TPSA) is 212 Å². The third-order valence-corrected chi connectivity index (χ3v) is 11.4. The summed E-state index contributed by atoms with van der Waals surface area (Å²) in [6.07, 6.45) is 11.5. The summed E-state index contributed by atoms with van der Waals surface area (Å²) in [6.45, 7) is 0. The predicted molar refractivity (Wildman–Crippen MR) is 282 cm³/mol. The molecule has 0 aliphatic rings.